The Morgan fingerprint density at radius 2 is 2.15 bits per heavy atom. The molecule has 0 radical (unpaired) electrons. The summed E-state index contributed by atoms with van der Waals surface area (Å²) in [5, 5.41) is 0. The minimum Gasteiger partial charge on any atom is -0.350 e. The number of alkyl halides is 2. The Morgan fingerprint density at radius 1 is 1.45 bits per heavy atom. The fraction of sp³-hybridized carbons (Fsp3) is 0.875. The fourth-order valence-electron chi connectivity index (χ4n) is 2.54. The molecule has 0 bridgehead atoms. The third kappa shape index (κ3) is 5.49. The third-order valence-electron chi connectivity index (χ3n) is 4.02. The van der Waals surface area contributed by atoms with Crippen LogP contribution >= 0.6 is 0 Å². The summed E-state index contributed by atoms with van der Waals surface area (Å²) in [5.74, 6) is -0.206. The second-order valence-electron chi connectivity index (χ2n) is 5.99. The topological polar surface area (TPSA) is 18.5 Å². The van der Waals surface area contributed by atoms with Gasteiger partial charge in [-0.25, -0.2) is 4.39 Å². The molecule has 118 valence electrons. The zero-order valence-corrected chi connectivity index (χ0v) is 12.9. The lowest BCUT2D eigenvalue weighted by atomic mass is 9.85. The molecule has 1 unspecified atom stereocenters. The van der Waals surface area contributed by atoms with Crippen molar-refractivity contribution in [3.63, 3.8) is 0 Å². The van der Waals surface area contributed by atoms with E-state index in [9.17, 15) is 8.78 Å². The minimum atomic E-state index is -1.12. The van der Waals surface area contributed by atoms with E-state index in [0.717, 1.165) is 19.3 Å². The molecule has 1 heterocycles. The molecule has 20 heavy (non-hydrogen) atoms. The summed E-state index contributed by atoms with van der Waals surface area (Å²) < 4.78 is 38.1. The molecule has 1 saturated heterocycles. The lowest BCUT2D eigenvalue weighted by molar-refractivity contribution is -0.0660. The molecular weight excluding hydrogens is 262 g/mol. The van der Waals surface area contributed by atoms with E-state index in [1.807, 2.05) is 6.92 Å². The van der Waals surface area contributed by atoms with E-state index in [0.29, 0.717) is 12.2 Å². The molecule has 5 atom stereocenters. The van der Waals surface area contributed by atoms with Crippen LogP contribution in [-0.4, -0.2) is 31.8 Å². The molecule has 0 aliphatic carbocycles. The highest BCUT2D eigenvalue weighted by Gasteiger charge is 2.30. The van der Waals surface area contributed by atoms with Crippen LogP contribution in [0.2, 0.25) is 0 Å². The van der Waals surface area contributed by atoms with Gasteiger partial charge in [0.2, 0.25) is 0 Å². The Balaban J connectivity index is 2.39. The highest BCUT2D eigenvalue weighted by molar-refractivity contribution is 4.98. The van der Waals surface area contributed by atoms with Gasteiger partial charge in [0.15, 0.2) is 6.29 Å². The second kappa shape index (κ2) is 8.73. The molecule has 1 aliphatic heterocycles. The predicted molar refractivity (Wildman–Crippen MR) is 77.1 cm³/mol. The number of ether oxygens (including phenoxy) is 2. The molecule has 4 heteroatoms. The predicted octanol–water partition coefficient (Wildman–Crippen LogP) is 4.44. The Hall–Kier alpha value is -0.480. The summed E-state index contributed by atoms with van der Waals surface area (Å²) in [5.41, 5.74) is 0.471. The van der Waals surface area contributed by atoms with Crippen LogP contribution in [0.4, 0.5) is 8.78 Å². The van der Waals surface area contributed by atoms with E-state index in [-0.39, 0.29) is 30.7 Å². The van der Waals surface area contributed by atoms with Gasteiger partial charge in [0.25, 0.3) is 0 Å². The zero-order chi connectivity index (χ0) is 15.1. The maximum absolute atomic E-state index is 13.7. The van der Waals surface area contributed by atoms with Crippen molar-refractivity contribution in [2.24, 2.45) is 11.8 Å². The first kappa shape index (κ1) is 17.6. The van der Waals surface area contributed by atoms with E-state index in [1.54, 1.807) is 6.92 Å². The smallest absolute Gasteiger partial charge is 0.158 e. The molecule has 0 N–H and O–H groups in total. The van der Waals surface area contributed by atoms with Crippen LogP contribution in [0.15, 0.2) is 12.2 Å². The maximum Gasteiger partial charge on any atom is 0.158 e. The van der Waals surface area contributed by atoms with Crippen LogP contribution in [0, 0.1) is 11.8 Å². The lowest BCUT2D eigenvalue weighted by Crippen LogP contribution is -2.24. The van der Waals surface area contributed by atoms with Gasteiger partial charge < -0.3 is 9.47 Å². The summed E-state index contributed by atoms with van der Waals surface area (Å²) in [6.07, 6.45) is 1.61. The summed E-state index contributed by atoms with van der Waals surface area (Å²) in [6, 6.07) is 0. The summed E-state index contributed by atoms with van der Waals surface area (Å²) in [4.78, 5) is 0. The fourth-order valence-corrected chi connectivity index (χ4v) is 2.54. The van der Waals surface area contributed by atoms with E-state index in [4.69, 9.17) is 9.47 Å². The van der Waals surface area contributed by atoms with Gasteiger partial charge in [0, 0.05) is 0 Å². The molecule has 1 fully saturated rings. The molecule has 2 nitrogen and oxygen atoms in total. The normalized spacial score (nSPS) is 27.2. The Morgan fingerprint density at radius 3 is 2.70 bits per heavy atom. The van der Waals surface area contributed by atoms with Gasteiger partial charge in [0.1, 0.15) is 6.17 Å². The first-order chi connectivity index (χ1) is 9.47. The van der Waals surface area contributed by atoms with Gasteiger partial charge in [-0.1, -0.05) is 26.8 Å². The van der Waals surface area contributed by atoms with Gasteiger partial charge in [-0.15, -0.1) is 0 Å². The van der Waals surface area contributed by atoms with Crippen molar-refractivity contribution in [2.75, 3.05) is 13.3 Å². The SMILES string of the molecule is C=C(C)[C@@H](F)C[C@H](CF)[C@@H](C)C[C@@H]1COC(CCC)O1. The number of hydrogen-bond acceptors (Lipinski definition) is 2. The lowest BCUT2D eigenvalue weighted by Gasteiger charge is -2.24. The van der Waals surface area contributed by atoms with Crippen LogP contribution in [0.25, 0.3) is 0 Å². The number of rotatable bonds is 9. The van der Waals surface area contributed by atoms with E-state index < -0.39 is 12.8 Å². The van der Waals surface area contributed by atoms with Crippen molar-refractivity contribution >= 4 is 0 Å². The summed E-state index contributed by atoms with van der Waals surface area (Å²) in [6.45, 7) is 9.35. The highest BCUT2D eigenvalue weighted by atomic mass is 19.1. The highest BCUT2D eigenvalue weighted by Crippen LogP contribution is 2.29. The zero-order valence-electron chi connectivity index (χ0n) is 12.9. The van der Waals surface area contributed by atoms with Gasteiger partial charge >= 0.3 is 0 Å². The molecule has 0 amide bonds. The van der Waals surface area contributed by atoms with Crippen LogP contribution < -0.4 is 0 Å². The van der Waals surface area contributed by atoms with Crippen molar-refractivity contribution < 1.29 is 18.3 Å². The number of halogens is 2. The minimum absolute atomic E-state index is 0.0125. The number of hydrogen-bond donors (Lipinski definition) is 0. The van der Waals surface area contributed by atoms with Crippen molar-refractivity contribution in [3.8, 4) is 0 Å². The van der Waals surface area contributed by atoms with E-state index in [1.165, 1.54) is 0 Å². The van der Waals surface area contributed by atoms with Gasteiger partial charge in [-0.3, -0.25) is 4.39 Å². The van der Waals surface area contributed by atoms with Gasteiger partial charge in [-0.2, -0.15) is 0 Å². The molecule has 1 rings (SSSR count). The average molecular weight is 290 g/mol. The molecule has 0 aromatic rings. The number of allylic oxidation sites excluding steroid dienone is 1. The molecule has 0 spiro atoms. The Kier molecular flexibility index (Phi) is 7.67. The summed E-state index contributed by atoms with van der Waals surface area (Å²) >= 11 is 0. The van der Waals surface area contributed by atoms with Crippen LogP contribution in [0.1, 0.15) is 46.5 Å². The Labute approximate surface area is 121 Å². The largest absolute Gasteiger partial charge is 0.350 e. The van der Waals surface area contributed by atoms with E-state index in [2.05, 4.69) is 13.5 Å². The average Bonchev–Trinajstić information content (AvgIpc) is 2.83. The molecule has 0 aromatic carbocycles. The molecule has 1 aliphatic rings. The van der Waals surface area contributed by atoms with Crippen LogP contribution in [-0.2, 0) is 9.47 Å². The first-order valence-corrected chi connectivity index (χ1v) is 7.60. The quantitative estimate of drug-likeness (QED) is 0.584. The van der Waals surface area contributed by atoms with Crippen molar-refractivity contribution in [3.05, 3.63) is 12.2 Å². The molecule has 0 saturated carbocycles. The maximum atomic E-state index is 13.7. The van der Waals surface area contributed by atoms with Crippen LogP contribution in [0.3, 0.4) is 0 Å². The first-order valence-electron chi connectivity index (χ1n) is 7.60. The molecule has 0 aromatic heterocycles. The Bertz CT molecular complexity index is 296. The third-order valence-corrected chi connectivity index (χ3v) is 4.02. The molecular formula is C16H28F2O2. The van der Waals surface area contributed by atoms with Gasteiger partial charge in [-0.05, 0) is 43.6 Å². The van der Waals surface area contributed by atoms with Crippen molar-refractivity contribution in [1.82, 2.24) is 0 Å². The monoisotopic (exact) mass is 290 g/mol. The summed E-state index contributed by atoms with van der Waals surface area (Å²) in [7, 11) is 0. The van der Waals surface area contributed by atoms with Crippen molar-refractivity contribution in [2.45, 2.75) is 65.0 Å². The standard InChI is InChI=1S/C16H28F2O2/c1-5-6-16-19-10-14(20-16)7-12(4)13(9-17)8-15(18)11(2)3/h12-16H,2,5-10H2,1,3-4H3/t12-,13+,14+,15-,16?/m0/s1. The van der Waals surface area contributed by atoms with Crippen molar-refractivity contribution in [1.29, 1.82) is 0 Å². The van der Waals surface area contributed by atoms with E-state index >= 15 is 0 Å². The van der Waals surface area contributed by atoms with Crippen LogP contribution in [0.5, 0.6) is 0 Å². The second-order valence-corrected chi connectivity index (χ2v) is 5.99. The van der Waals surface area contributed by atoms with Gasteiger partial charge in [0.05, 0.1) is 19.4 Å².